The van der Waals surface area contributed by atoms with Crippen molar-refractivity contribution in [3.63, 3.8) is 0 Å². The van der Waals surface area contributed by atoms with Gasteiger partial charge in [0.05, 0.1) is 11.2 Å². The number of allylic oxidation sites excluding steroid dienone is 4. The van der Waals surface area contributed by atoms with Crippen LogP contribution in [0.3, 0.4) is 0 Å². The largest absolute Gasteiger partial charge is 0.248 e. The third-order valence-electron chi connectivity index (χ3n) is 13.6. The molecule has 0 fully saturated rings. The summed E-state index contributed by atoms with van der Waals surface area (Å²) in [6, 6.07) is 71.3. The van der Waals surface area contributed by atoms with Gasteiger partial charge < -0.3 is 0 Å². The first kappa shape index (κ1) is 40.2. The van der Waals surface area contributed by atoms with Crippen molar-refractivity contribution < 1.29 is 0 Å². The first-order chi connectivity index (χ1) is 32.9. The van der Waals surface area contributed by atoms with Gasteiger partial charge in [0.2, 0.25) is 0 Å². The Balaban J connectivity index is 1.04. The SMILES string of the molecule is CC1(C)c2ccccc2-c2cc3c(-c4cccc(-c5nc(-c6cccc(-c7ccccc7)c6)nc(-c6cccc(-c7ccccc7)c6)n5)c4)cc(-c4cccc(C5C=CC=CC5)c4)nc3cc21. The second-order valence-corrected chi connectivity index (χ2v) is 18.2. The van der Waals surface area contributed by atoms with Gasteiger partial charge in [0.25, 0.3) is 0 Å². The van der Waals surface area contributed by atoms with E-state index in [1.807, 2.05) is 12.1 Å². The smallest absolute Gasteiger partial charge is 0.164 e. The van der Waals surface area contributed by atoms with Gasteiger partial charge in [-0.1, -0.05) is 196 Å². The Bertz CT molecular complexity index is 3480. The lowest BCUT2D eigenvalue weighted by Gasteiger charge is -2.22. The van der Waals surface area contributed by atoms with Crippen LogP contribution in [0, 0.1) is 0 Å². The van der Waals surface area contributed by atoms with Crippen molar-refractivity contribution in [3.8, 4) is 89.9 Å². The quantitative estimate of drug-likeness (QED) is 0.153. The molecule has 2 aromatic heterocycles. The molecule has 12 rings (SSSR count). The molecule has 2 heterocycles. The Morgan fingerprint density at radius 2 is 0.925 bits per heavy atom. The zero-order valence-corrected chi connectivity index (χ0v) is 37.4. The molecule has 0 N–H and O–H groups in total. The number of hydrogen-bond acceptors (Lipinski definition) is 4. The molecule has 318 valence electrons. The zero-order chi connectivity index (χ0) is 44.9. The van der Waals surface area contributed by atoms with Crippen LogP contribution in [0.15, 0.2) is 224 Å². The van der Waals surface area contributed by atoms with Crippen LogP contribution in [-0.2, 0) is 5.41 Å². The molecule has 0 amide bonds. The number of rotatable bonds is 8. The summed E-state index contributed by atoms with van der Waals surface area (Å²) in [7, 11) is 0. The Kier molecular flexibility index (Phi) is 9.95. The fourth-order valence-corrected chi connectivity index (χ4v) is 10.1. The van der Waals surface area contributed by atoms with Crippen molar-refractivity contribution in [2.24, 2.45) is 0 Å². The Labute approximate surface area is 391 Å². The number of aromatic nitrogens is 4. The molecule has 1 atom stereocenters. The number of hydrogen-bond donors (Lipinski definition) is 0. The van der Waals surface area contributed by atoms with E-state index < -0.39 is 0 Å². The van der Waals surface area contributed by atoms with Gasteiger partial charge >= 0.3 is 0 Å². The third-order valence-corrected chi connectivity index (χ3v) is 13.6. The lowest BCUT2D eigenvalue weighted by atomic mass is 9.82. The molecule has 2 aliphatic carbocycles. The highest BCUT2D eigenvalue weighted by atomic mass is 15.0. The van der Waals surface area contributed by atoms with E-state index in [1.165, 1.54) is 27.8 Å². The predicted octanol–water partition coefficient (Wildman–Crippen LogP) is 16.0. The van der Waals surface area contributed by atoms with Gasteiger partial charge in [-0.05, 0) is 110 Å². The molecule has 0 aliphatic heterocycles. The van der Waals surface area contributed by atoms with Gasteiger partial charge in [0.1, 0.15) is 0 Å². The molecule has 0 spiro atoms. The first-order valence-corrected chi connectivity index (χ1v) is 23.1. The molecular weight excluding hydrogens is 813 g/mol. The minimum atomic E-state index is -0.159. The van der Waals surface area contributed by atoms with E-state index in [9.17, 15) is 0 Å². The molecule has 4 heteroatoms. The van der Waals surface area contributed by atoms with Crippen LogP contribution in [0.5, 0.6) is 0 Å². The van der Waals surface area contributed by atoms with Crippen LogP contribution in [0.1, 0.15) is 42.9 Å². The average Bonchev–Trinajstić information content (AvgIpc) is 3.63. The third kappa shape index (κ3) is 7.47. The highest BCUT2D eigenvalue weighted by Gasteiger charge is 2.36. The average molecular weight is 859 g/mol. The maximum absolute atomic E-state index is 5.49. The van der Waals surface area contributed by atoms with Crippen molar-refractivity contribution in [2.45, 2.75) is 31.6 Å². The molecule has 0 saturated carbocycles. The van der Waals surface area contributed by atoms with E-state index in [4.69, 9.17) is 19.9 Å². The second kappa shape index (κ2) is 16.6. The van der Waals surface area contributed by atoms with E-state index in [0.29, 0.717) is 23.4 Å². The van der Waals surface area contributed by atoms with Gasteiger partial charge in [-0.25, -0.2) is 19.9 Å². The molecule has 2 aliphatic rings. The predicted molar refractivity (Wildman–Crippen MR) is 276 cm³/mol. The maximum atomic E-state index is 5.49. The van der Waals surface area contributed by atoms with Crippen LogP contribution in [0.2, 0.25) is 0 Å². The molecule has 67 heavy (non-hydrogen) atoms. The topological polar surface area (TPSA) is 51.6 Å². The molecule has 0 radical (unpaired) electrons. The van der Waals surface area contributed by atoms with Gasteiger partial charge in [-0.2, -0.15) is 0 Å². The summed E-state index contributed by atoms with van der Waals surface area (Å²) in [5.41, 5.74) is 18.7. The van der Waals surface area contributed by atoms with Crippen molar-refractivity contribution in [3.05, 3.63) is 241 Å². The number of nitrogens with zero attached hydrogens (tertiary/aromatic N) is 4. The minimum Gasteiger partial charge on any atom is -0.248 e. The summed E-state index contributed by atoms with van der Waals surface area (Å²) >= 11 is 0. The fraction of sp³-hybridized carbons (Fsp3) is 0.0794. The molecule has 1 unspecified atom stereocenters. The van der Waals surface area contributed by atoms with E-state index in [2.05, 4.69) is 226 Å². The molecule has 8 aromatic carbocycles. The second-order valence-electron chi connectivity index (χ2n) is 18.2. The molecule has 10 aromatic rings. The summed E-state index contributed by atoms with van der Waals surface area (Å²) in [5.74, 6) is 2.17. The fourth-order valence-electron chi connectivity index (χ4n) is 10.1. The summed E-state index contributed by atoms with van der Waals surface area (Å²) in [6.07, 6.45) is 9.82. The summed E-state index contributed by atoms with van der Waals surface area (Å²) in [5, 5.41) is 1.11. The van der Waals surface area contributed by atoms with Crippen LogP contribution >= 0.6 is 0 Å². The van der Waals surface area contributed by atoms with Crippen molar-refractivity contribution in [2.75, 3.05) is 0 Å². The van der Waals surface area contributed by atoms with Crippen LogP contribution in [-0.4, -0.2) is 19.9 Å². The van der Waals surface area contributed by atoms with Crippen molar-refractivity contribution in [1.29, 1.82) is 0 Å². The zero-order valence-electron chi connectivity index (χ0n) is 37.4. The highest BCUT2D eigenvalue weighted by molar-refractivity contribution is 6.02. The van der Waals surface area contributed by atoms with Gasteiger partial charge in [0, 0.05) is 39.0 Å². The normalized spacial score (nSPS) is 14.5. The van der Waals surface area contributed by atoms with Gasteiger partial charge in [0.15, 0.2) is 17.5 Å². The van der Waals surface area contributed by atoms with Crippen molar-refractivity contribution in [1.82, 2.24) is 19.9 Å². The van der Waals surface area contributed by atoms with Gasteiger partial charge in [-0.15, -0.1) is 0 Å². The van der Waals surface area contributed by atoms with E-state index in [1.54, 1.807) is 0 Å². The maximum Gasteiger partial charge on any atom is 0.164 e. The first-order valence-electron chi connectivity index (χ1n) is 23.1. The van der Waals surface area contributed by atoms with E-state index in [0.717, 1.165) is 78.7 Å². The Morgan fingerprint density at radius 1 is 0.388 bits per heavy atom. The Morgan fingerprint density at radius 3 is 1.55 bits per heavy atom. The number of fused-ring (bicyclic) bond motifs is 4. The van der Waals surface area contributed by atoms with Crippen molar-refractivity contribution >= 4 is 10.9 Å². The van der Waals surface area contributed by atoms with Crippen LogP contribution < -0.4 is 0 Å². The van der Waals surface area contributed by atoms with Gasteiger partial charge in [-0.3, -0.25) is 0 Å². The van der Waals surface area contributed by atoms with E-state index in [-0.39, 0.29) is 5.41 Å². The minimum absolute atomic E-state index is 0.159. The Hall–Kier alpha value is -8.34. The summed E-state index contributed by atoms with van der Waals surface area (Å²) in [4.78, 5) is 21.2. The molecule has 0 bridgehead atoms. The van der Waals surface area contributed by atoms with Crippen LogP contribution in [0.4, 0.5) is 0 Å². The summed E-state index contributed by atoms with van der Waals surface area (Å²) in [6.45, 7) is 4.67. The standard InChI is InChI=1S/C63H46N4/c1-63(2)56-33-13-12-32-52(56)54-38-55-53(39-58(64-59(55)40-57(54)63)48-28-14-24-44(34-48)41-18-6-3-7-19-41)47-27-17-31-51(37-47)62-66-60(49-29-15-25-45(35-49)42-20-8-4-9-21-42)65-61(67-62)50-30-16-26-46(36-50)43-22-10-5-11-23-43/h3-18,20-41H,19H2,1-2H3. The van der Waals surface area contributed by atoms with E-state index >= 15 is 0 Å². The summed E-state index contributed by atoms with van der Waals surface area (Å²) < 4.78 is 0. The molecule has 0 saturated heterocycles. The number of pyridine rings is 1. The highest BCUT2D eigenvalue weighted by Crippen LogP contribution is 2.51. The monoisotopic (exact) mass is 858 g/mol. The molecular formula is C63H46N4. The van der Waals surface area contributed by atoms with Crippen LogP contribution in [0.25, 0.3) is 101 Å². The molecule has 4 nitrogen and oxygen atoms in total. The lowest BCUT2D eigenvalue weighted by molar-refractivity contribution is 0.661. The number of benzene rings is 8. The lowest BCUT2D eigenvalue weighted by Crippen LogP contribution is -2.14.